The lowest BCUT2D eigenvalue weighted by molar-refractivity contribution is 0.612. The van der Waals surface area contributed by atoms with Crippen LogP contribution in [0.4, 0.5) is 14.5 Å². The van der Waals surface area contributed by atoms with Crippen LogP contribution in [0.25, 0.3) is 0 Å². The van der Waals surface area contributed by atoms with Gasteiger partial charge >= 0.3 is 0 Å². The summed E-state index contributed by atoms with van der Waals surface area (Å²) in [6, 6.07) is 9.28. The molecule has 0 bridgehead atoms. The van der Waals surface area contributed by atoms with Crippen LogP contribution in [0.3, 0.4) is 0 Å². The Morgan fingerprint density at radius 3 is 2.67 bits per heavy atom. The second-order valence-corrected chi connectivity index (χ2v) is 4.93. The molecule has 0 spiro atoms. The van der Waals surface area contributed by atoms with Gasteiger partial charge in [0.25, 0.3) is 0 Å². The average Bonchev–Trinajstić information content (AvgIpc) is 2.34. The molecule has 0 atom stereocenters. The standard InChI is InChI=1S/C14H12BrF2N/c1-9-2-5-13(17)10(6-9)8-18-14-7-11(16)3-4-12(14)15/h2-7,18H,8H2,1H3. The van der Waals surface area contributed by atoms with E-state index >= 15 is 0 Å². The number of hydrogen-bond acceptors (Lipinski definition) is 1. The third kappa shape index (κ3) is 3.07. The van der Waals surface area contributed by atoms with Crippen LogP contribution in [-0.2, 0) is 6.54 Å². The van der Waals surface area contributed by atoms with E-state index in [9.17, 15) is 8.78 Å². The summed E-state index contributed by atoms with van der Waals surface area (Å²) < 4.78 is 27.4. The summed E-state index contributed by atoms with van der Waals surface area (Å²) in [5.41, 5.74) is 2.16. The van der Waals surface area contributed by atoms with Gasteiger partial charge in [-0.15, -0.1) is 0 Å². The zero-order chi connectivity index (χ0) is 13.1. The molecule has 0 aliphatic heterocycles. The van der Waals surface area contributed by atoms with Crippen molar-refractivity contribution in [1.29, 1.82) is 0 Å². The van der Waals surface area contributed by atoms with Crippen LogP contribution in [0.5, 0.6) is 0 Å². The van der Waals surface area contributed by atoms with Crippen molar-refractivity contribution in [2.75, 3.05) is 5.32 Å². The quantitative estimate of drug-likeness (QED) is 0.870. The van der Waals surface area contributed by atoms with Gasteiger partial charge in [-0.2, -0.15) is 0 Å². The van der Waals surface area contributed by atoms with Crippen molar-refractivity contribution in [3.8, 4) is 0 Å². The van der Waals surface area contributed by atoms with Crippen LogP contribution in [0.1, 0.15) is 11.1 Å². The first-order valence-electron chi connectivity index (χ1n) is 5.50. The number of aryl methyl sites for hydroxylation is 1. The van der Waals surface area contributed by atoms with Gasteiger partial charge in [-0.3, -0.25) is 0 Å². The van der Waals surface area contributed by atoms with Gasteiger partial charge in [-0.25, -0.2) is 8.78 Å². The molecule has 2 aromatic rings. The normalized spacial score (nSPS) is 10.4. The summed E-state index contributed by atoms with van der Waals surface area (Å²) in [4.78, 5) is 0. The lowest BCUT2D eigenvalue weighted by Gasteiger charge is -2.10. The minimum atomic E-state index is -0.328. The Bertz CT molecular complexity index is 518. The number of hydrogen-bond donors (Lipinski definition) is 1. The van der Waals surface area contributed by atoms with Crippen molar-refractivity contribution in [2.24, 2.45) is 0 Å². The van der Waals surface area contributed by atoms with Gasteiger partial charge in [0.1, 0.15) is 11.6 Å². The van der Waals surface area contributed by atoms with Crippen molar-refractivity contribution >= 4 is 21.6 Å². The van der Waals surface area contributed by atoms with Crippen molar-refractivity contribution in [3.63, 3.8) is 0 Å². The Morgan fingerprint density at radius 2 is 1.89 bits per heavy atom. The molecule has 0 radical (unpaired) electrons. The number of benzene rings is 2. The lowest BCUT2D eigenvalue weighted by Crippen LogP contribution is -2.03. The minimum absolute atomic E-state index is 0.263. The number of halogens is 3. The van der Waals surface area contributed by atoms with E-state index < -0.39 is 0 Å². The maximum Gasteiger partial charge on any atom is 0.128 e. The molecular formula is C14H12BrF2N. The third-order valence-corrected chi connectivity index (χ3v) is 3.29. The molecule has 0 aromatic heterocycles. The first-order chi connectivity index (χ1) is 8.56. The molecule has 1 N–H and O–H groups in total. The van der Waals surface area contributed by atoms with E-state index in [1.54, 1.807) is 18.2 Å². The Kier molecular flexibility index (Phi) is 3.97. The van der Waals surface area contributed by atoms with Gasteiger partial charge in [0.15, 0.2) is 0 Å². The van der Waals surface area contributed by atoms with Crippen LogP contribution >= 0.6 is 15.9 Å². The molecule has 0 heterocycles. The molecule has 94 valence electrons. The fraction of sp³-hybridized carbons (Fsp3) is 0.143. The second kappa shape index (κ2) is 5.48. The summed E-state index contributed by atoms with van der Waals surface area (Å²) in [6.45, 7) is 2.22. The van der Waals surface area contributed by atoms with E-state index in [0.29, 0.717) is 17.8 Å². The van der Waals surface area contributed by atoms with E-state index in [0.717, 1.165) is 10.0 Å². The molecule has 0 aliphatic rings. The van der Waals surface area contributed by atoms with Gasteiger partial charge in [0.05, 0.1) is 5.69 Å². The molecule has 0 saturated heterocycles. The Labute approximate surface area is 113 Å². The summed E-state index contributed by atoms with van der Waals surface area (Å²) in [6.07, 6.45) is 0. The Balaban J connectivity index is 2.16. The molecule has 2 aromatic carbocycles. The van der Waals surface area contributed by atoms with Crippen LogP contribution in [-0.4, -0.2) is 0 Å². The smallest absolute Gasteiger partial charge is 0.128 e. The molecule has 1 nitrogen and oxygen atoms in total. The van der Waals surface area contributed by atoms with Gasteiger partial charge < -0.3 is 5.32 Å². The second-order valence-electron chi connectivity index (χ2n) is 4.07. The largest absolute Gasteiger partial charge is 0.380 e. The molecule has 0 aliphatic carbocycles. The Morgan fingerprint density at radius 1 is 1.11 bits per heavy atom. The average molecular weight is 312 g/mol. The number of anilines is 1. The first-order valence-corrected chi connectivity index (χ1v) is 6.29. The van der Waals surface area contributed by atoms with Gasteiger partial charge in [-0.1, -0.05) is 17.7 Å². The highest BCUT2D eigenvalue weighted by atomic mass is 79.9. The van der Waals surface area contributed by atoms with Gasteiger partial charge in [0, 0.05) is 16.6 Å². The molecule has 4 heteroatoms. The van der Waals surface area contributed by atoms with Crippen molar-refractivity contribution < 1.29 is 8.78 Å². The molecule has 0 fully saturated rings. The lowest BCUT2D eigenvalue weighted by atomic mass is 10.1. The zero-order valence-corrected chi connectivity index (χ0v) is 11.4. The summed E-state index contributed by atoms with van der Waals surface area (Å²) in [7, 11) is 0. The number of nitrogens with one attached hydrogen (secondary N) is 1. The van der Waals surface area contributed by atoms with E-state index in [-0.39, 0.29) is 11.6 Å². The van der Waals surface area contributed by atoms with Crippen LogP contribution in [0, 0.1) is 18.6 Å². The molecular weight excluding hydrogens is 300 g/mol. The molecule has 2 rings (SSSR count). The predicted molar refractivity (Wildman–Crippen MR) is 72.6 cm³/mol. The van der Waals surface area contributed by atoms with Crippen LogP contribution in [0.15, 0.2) is 40.9 Å². The van der Waals surface area contributed by atoms with Crippen LogP contribution in [0.2, 0.25) is 0 Å². The molecule has 0 saturated carbocycles. The van der Waals surface area contributed by atoms with E-state index in [2.05, 4.69) is 21.2 Å². The van der Waals surface area contributed by atoms with E-state index in [1.807, 2.05) is 6.92 Å². The first kappa shape index (κ1) is 13.0. The van der Waals surface area contributed by atoms with E-state index in [4.69, 9.17) is 0 Å². The minimum Gasteiger partial charge on any atom is -0.380 e. The Hall–Kier alpha value is -1.42. The van der Waals surface area contributed by atoms with Crippen molar-refractivity contribution in [3.05, 3.63) is 63.6 Å². The SMILES string of the molecule is Cc1ccc(F)c(CNc2cc(F)ccc2Br)c1. The fourth-order valence-electron chi connectivity index (χ4n) is 1.66. The van der Waals surface area contributed by atoms with E-state index in [1.165, 1.54) is 18.2 Å². The van der Waals surface area contributed by atoms with Crippen LogP contribution < -0.4 is 5.32 Å². The highest BCUT2D eigenvalue weighted by molar-refractivity contribution is 9.10. The highest BCUT2D eigenvalue weighted by Crippen LogP contribution is 2.24. The predicted octanol–water partition coefficient (Wildman–Crippen LogP) is 4.65. The monoisotopic (exact) mass is 311 g/mol. The summed E-state index contributed by atoms with van der Waals surface area (Å²) in [5.74, 6) is -0.592. The topological polar surface area (TPSA) is 12.0 Å². The van der Waals surface area contributed by atoms with Crippen molar-refractivity contribution in [1.82, 2.24) is 0 Å². The molecule has 18 heavy (non-hydrogen) atoms. The number of rotatable bonds is 3. The maximum absolute atomic E-state index is 13.5. The molecule has 0 amide bonds. The summed E-state index contributed by atoms with van der Waals surface area (Å²) >= 11 is 3.31. The summed E-state index contributed by atoms with van der Waals surface area (Å²) in [5, 5.41) is 3.01. The highest BCUT2D eigenvalue weighted by Gasteiger charge is 2.05. The maximum atomic E-state index is 13.5. The zero-order valence-electron chi connectivity index (χ0n) is 9.81. The third-order valence-electron chi connectivity index (χ3n) is 2.60. The van der Waals surface area contributed by atoms with Gasteiger partial charge in [0.2, 0.25) is 0 Å². The molecule has 0 unspecified atom stereocenters. The van der Waals surface area contributed by atoms with Crippen molar-refractivity contribution in [2.45, 2.75) is 13.5 Å². The van der Waals surface area contributed by atoms with Gasteiger partial charge in [-0.05, 0) is 47.1 Å². The fourth-order valence-corrected chi connectivity index (χ4v) is 2.05.